The number of nitriles is 1. The van der Waals surface area contributed by atoms with Gasteiger partial charge in [0.2, 0.25) is 0 Å². The predicted molar refractivity (Wildman–Crippen MR) is 134 cm³/mol. The molecule has 2 unspecified atom stereocenters. The van der Waals surface area contributed by atoms with Gasteiger partial charge in [-0.25, -0.2) is 4.67 Å². The van der Waals surface area contributed by atoms with E-state index >= 15 is 0 Å². The Balaban J connectivity index is 1.99. The quantitative estimate of drug-likeness (QED) is 0.210. The maximum Gasteiger partial charge on any atom is 0.259 e. The van der Waals surface area contributed by atoms with Crippen molar-refractivity contribution in [1.82, 2.24) is 4.67 Å². The van der Waals surface area contributed by atoms with Crippen LogP contribution in [0.3, 0.4) is 0 Å². The van der Waals surface area contributed by atoms with Crippen LogP contribution in [0.1, 0.15) is 45.2 Å². The fourth-order valence-electron chi connectivity index (χ4n) is 3.87. The number of rotatable bonds is 10. The van der Waals surface area contributed by atoms with E-state index in [1.807, 2.05) is 21.6 Å². The highest BCUT2D eigenvalue weighted by Crippen LogP contribution is 2.61. The maximum atomic E-state index is 9.02. The molecule has 3 rings (SSSR count). The zero-order chi connectivity index (χ0) is 22.3. The molecule has 0 bridgehead atoms. The lowest BCUT2D eigenvalue weighted by Crippen LogP contribution is -2.40. The number of hydrogen-bond donors (Lipinski definition) is 0. The van der Waals surface area contributed by atoms with Crippen LogP contribution in [-0.2, 0) is 13.8 Å². The van der Waals surface area contributed by atoms with Crippen molar-refractivity contribution in [1.29, 1.82) is 5.26 Å². The molecule has 2 aromatic carbocycles. The van der Waals surface area contributed by atoms with Crippen molar-refractivity contribution >= 4 is 30.1 Å². The van der Waals surface area contributed by atoms with Crippen molar-refractivity contribution in [2.24, 2.45) is 0 Å². The summed E-state index contributed by atoms with van der Waals surface area (Å²) in [5, 5.41) is 9.02. The molecule has 7 heteroatoms. The van der Waals surface area contributed by atoms with E-state index < -0.39 is 8.53 Å². The normalized spacial score (nSPS) is 19.1. The topological polar surface area (TPSA) is 45.5 Å². The summed E-state index contributed by atoms with van der Waals surface area (Å²) in [7, 11) is 2.42. The van der Waals surface area contributed by atoms with Gasteiger partial charge >= 0.3 is 0 Å². The Kier molecular flexibility index (Phi) is 9.28. The summed E-state index contributed by atoms with van der Waals surface area (Å²) in [5.41, 5.74) is 2.49. The molecule has 2 atom stereocenters. The second-order valence-corrected chi connectivity index (χ2v) is 12.0. The maximum absolute atomic E-state index is 9.02. The van der Waals surface area contributed by atoms with Crippen molar-refractivity contribution in [2.45, 2.75) is 57.1 Å². The van der Waals surface area contributed by atoms with Crippen LogP contribution in [0.4, 0.5) is 0 Å². The van der Waals surface area contributed by atoms with Crippen molar-refractivity contribution in [2.75, 3.05) is 12.4 Å². The lowest BCUT2D eigenvalue weighted by atomic mass is 9.86. The van der Waals surface area contributed by atoms with E-state index in [4.69, 9.17) is 14.3 Å². The Bertz CT molecular complexity index is 798. The molecule has 1 aliphatic rings. The summed E-state index contributed by atoms with van der Waals surface area (Å²) in [6.45, 7) is 9.07. The molecule has 0 radical (unpaired) electrons. The third-order valence-electron chi connectivity index (χ3n) is 5.15. The van der Waals surface area contributed by atoms with Crippen LogP contribution in [0.15, 0.2) is 60.7 Å². The molecule has 2 aromatic rings. The lowest BCUT2D eigenvalue weighted by Gasteiger charge is -2.40. The molecule has 1 aliphatic heterocycles. The van der Waals surface area contributed by atoms with Gasteiger partial charge in [0, 0.05) is 17.8 Å². The van der Waals surface area contributed by atoms with Gasteiger partial charge in [-0.05, 0) is 38.8 Å². The first-order chi connectivity index (χ1) is 15.0. The Morgan fingerprint density at radius 3 is 2.06 bits per heavy atom. The van der Waals surface area contributed by atoms with Gasteiger partial charge in [0.05, 0.1) is 25.2 Å². The molecule has 0 aromatic heterocycles. The second-order valence-electron chi connectivity index (χ2n) is 7.98. The Labute approximate surface area is 196 Å². The highest BCUT2D eigenvalue weighted by molar-refractivity contribution is 8.77. The molecule has 0 spiro atoms. The van der Waals surface area contributed by atoms with Crippen molar-refractivity contribution < 1.29 is 9.05 Å². The van der Waals surface area contributed by atoms with E-state index in [1.165, 1.54) is 11.1 Å². The van der Waals surface area contributed by atoms with Crippen LogP contribution in [0.25, 0.3) is 0 Å². The first kappa shape index (κ1) is 24.6. The Hall–Kier alpha value is -1.06. The van der Waals surface area contributed by atoms with Gasteiger partial charge in [0.1, 0.15) is 4.75 Å². The third-order valence-corrected chi connectivity index (χ3v) is 10.4. The minimum atomic E-state index is -1.31. The second kappa shape index (κ2) is 11.7. The number of hydrogen-bond acceptors (Lipinski definition) is 6. The summed E-state index contributed by atoms with van der Waals surface area (Å²) in [4.78, 5) is 0. The van der Waals surface area contributed by atoms with E-state index in [2.05, 4.69) is 99.1 Å². The van der Waals surface area contributed by atoms with Crippen LogP contribution in [-0.4, -0.2) is 35.2 Å². The van der Waals surface area contributed by atoms with E-state index in [9.17, 15) is 0 Å². The molecular formula is C24H31N2O2PS2. The average Bonchev–Trinajstić information content (AvgIpc) is 3.19. The third kappa shape index (κ3) is 5.66. The van der Waals surface area contributed by atoms with Gasteiger partial charge in [-0.2, -0.15) is 5.26 Å². The molecule has 0 saturated carbocycles. The minimum absolute atomic E-state index is 0.0551. The van der Waals surface area contributed by atoms with Gasteiger partial charge < -0.3 is 9.05 Å². The van der Waals surface area contributed by atoms with E-state index in [1.54, 1.807) is 0 Å². The molecule has 0 aliphatic carbocycles. The minimum Gasteiger partial charge on any atom is -0.321 e. The van der Waals surface area contributed by atoms with Gasteiger partial charge in [0.15, 0.2) is 0 Å². The summed E-state index contributed by atoms with van der Waals surface area (Å²) >= 11 is 0. The molecule has 0 amide bonds. The van der Waals surface area contributed by atoms with Crippen molar-refractivity contribution in [3.05, 3.63) is 71.8 Å². The lowest BCUT2D eigenvalue weighted by molar-refractivity contribution is 0.129. The smallest absolute Gasteiger partial charge is 0.259 e. The summed E-state index contributed by atoms with van der Waals surface area (Å²) in [6.07, 6.45) is 0.309. The van der Waals surface area contributed by atoms with Gasteiger partial charge in [-0.3, -0.25) is 0 Å². The SMILES string of the molecule is CC(C)N(C(C)C)P(OCCC#N)OC1CSSC1(c1ccccc1)c1ccccc1. The molecule has 166 valence electrons. The zero-order valence-electron chi connectivity index (χ0n) is 18.6. The summed E-state index contributed by atoms with van der Waals surface area (Å²) < 4.78 is 15.1. The fraction of sp³-hybridized carbons (Fsp3) is 0.458. The van der Waals surface area contributed by atoms with Crippen LogP contribution in [0.2, 0.25) is 0 Å². The fourth-order valence-corrected chi connectivity index (χ4v) is 9.34. The van der Waals surface area contributed by atoms with E-state index in [0.29, 0.717) is 13.0 Å². The van der Waals surface area contributed by atoms with Gasteiger partial charge in [0.25, 0.3) is 8.53 Å². The highest BCUT2D eigenvalue weighted by Gasteiger charge is 2.50. The molecule has 1 heterocycles. The van der Waals surface area contributed by atoms with Crippen molar-refractivity contribution in [3.8, 4) is 6.07 Å². The Morgan fingerprint density at radius 2 is 1.58 bits per heavy atom. The molecule has 4 nitrogen and oxygen atoms in total. The van der Waals surface area contributed by atoms with Crippen molar-refractivity contribution in [3.63, 3.8) is 0 Å². The molecule has 1 fully saturated rings. The van der Waals surface area contributed by atoms with Crippen LogP contribution in [0.5, 0.6) is 0 Å². The zero-order valence-corrected chi connectivity index (χ0v) is 21.1. The monoisotopic (exact) mass is 474 g/mol. The number of benzene rings is 2. The summed E-state index contributed by atoms with van der Waals surface area (Å²) in [6, 6.07) is 24.0. The van der Waals surface area contributed by atoms with Crippen LogP contribution in [0, 0.1) is 11.3 Å². The largest absolute Gasteiger partial charge is 0.321 e. The van der Waals surface area contributed by atoms with E-state index in [0.717, 1.165) is 5.75 Å². The van der Waals surface area contributed by atoms with Crippen LogP contribution < -0.4 is 0 Å². The molecule has 0 N–H and O–H groups in total. The summed E-state index contributed by atoms with van der Waals surface area (Å²) in [5.74, 6) is 0.874. The van der Waals surface area contributed by atoms with Gasteiger partial charge in [-0.1, -0.05) is 82.3 Å². The first-order valence-electron chi connectivity index (χ1n) is 10.7. The average molecular weight is 475 g/mol. The highest BCUT2D eigenvalue weighted by atomic mass is 33.1. The van der Waals surface area contributed by atoms with Crippen LogP contribution >= 0.6 is 30.1 Å². The molecule has 1 saturated heterocycles. The first-order valence-corrected chi connectivity index (χ1v) is 14.1. The molecule has 31 heavy (non-hydrogen) atoms. The number of nitrogens with zero attached hydrogens (tertiary/aromatic N) is 2. The standard InChI is InChI=1S/C24H31N2O2PS2/c1-19(2)26(20(3)4)29(27-17-11-16-25)28-23-18-30-31-24(23,21-12-7-5-8-13-21)22-14-9-6-10-15-22/h5-10,12-15,19-20,23H,11,17-18H2,1-4H3. The Morgan fingerprint density at radius 1 is 1.03 bits per heavy atom. The predicted octanol–water partition coefficient (Wildman–Crippen LogP) is 6.99. The van der Waals surface area contributed by atoms with Gasteiger partial charge in [-0.15, -0.1) is 0 Å². The van der Waals surface area contributed by atoms with E-state index in [-0.39, 0.29) is 22.9 Å². The molecular weight excluding hydrogens is 443 g/mol.